The maximum absolute atomic E-state index is 5.41. The van der Waals surface area contributed by atoms with Crippen LogP contribution in [-0.2, 0) is 0 Å². The molecule has 0 saturated heterocycles. The highest BCUT2D eigenvalue weighted by Gasteiger charge is 2.05. The number of anilines is 1. The molecule has 0 aliphatic carbocycles. The fraction of sp³-hybridized carbons (Fsp3) is 0.609. The molecule has 0 unspecified atom stereocenters. The molecule has 0 amide bonds. The minimum Gasteiger partial charge on any atom is -0.497 e. The molecule has 0 aliphatic heterocycles. The summed E-state index contributed by atoms with van der Waals surface area (Å²) in [6.45, 7) is 9.12. The maximum atomic E-state index is 5.41. The smallest absolute Gasteiger partial charge is 0.121 e. The van der Waals surface area contributed by atoms with Gasteiger partial charge in [0.05, 0.1) is 18.3 Å². The minimum absolute atomic E-state index is 0.878. The van der Waals surface area contributed by atoms with E-state index in [1.54, 1.807) is 7.11 Å². The van der Waals surface area contributed by atoms with Crippen molar-refractivity contribution in [3.63, 3.8) is 0 Å². The standard InChI is InChI=1S/C23H37N3O/c1-4-26(5-2)17-12-10-8-6-7-9-11-15-24-22-19-21(27-3)18-20-14-13-16-25-23(20)22/h13-14,16,18-19,24H,4-12,15,17H2,1-3H3. The van der Waals surface area contributed by atoms with Gasteiger partial charge < -0.3 is 15.0 Å². The number of nitrogens with zero attached hydrogens (tertiary/aromatic N) is 2. The fourth-order valence-corrected chi connectivity index (χ4v) is 3.52. The van der Waals surface area contributed by atoms with Crippen LogP contribution in [0.4, 0.5) is 5.69 Å². The lowest BCUT2D eigenvalue weighted by Gasteiger charge is -2.17. The lowest BCUT2D eigenvalue weighted by atomic mass is 10.1. The van der Waals surface area contributed by atoms with Gasteiger partial charge in [0.25, 0.3) is 0 Å². The van der Waals surface area contributed by atoms with Gasteiger partial charge in [-0.3, -0.25) is 4.98 Å². The number of nitrogens with one attached hydrogen (secondary N) is 1. The zero-order chi connectivity index (χ0) is 19.3. The fourth-order valence-electron chi connectivity index (χ4n) is 3.52. The Morgan fingerprint density at radius 3 is 2.37 bits per heavy atom. The van der Waals surface area contributed by atoms with Crippen LogP contribution >= 0.6 is 0 Å². The van der Waals surface area contributed by atoms with Crippen LogP contribution in [0.15, 0.2) is 30.5 Å². The summed E-state index contributed by atoms with van der Waals surface area (Å²) in [6, 6.07) is 8.13. The normalized spacial score (nSPS) is 11.3. The SMILES string of the molecule is CCN(CC)CCCCCCCCCNc1cc(OC)cc2cccnc12. The lowest BCUT2D eigenvalue weighted by Crippen LogP contribution is -2.23. The van der Waals surface area contributed by atoms with Crippen molar-refractivity contribution in [1.82, 2.24) is 9.88 Å². The molecule has 0 bridgehead atoms. The first-order chi connectivity index (χ1) is 13.3. The summed E-state index contributed by atoms with van der Waals surface area (Å²) < 4.78 is 5.41. The van der Waals surface area contributed by atoms with Crippen LogP contribution in [0.25, 0.3) is 10.9 Å². The summed E-state index contributed by atoms with van der Waals surface area (Å²) in [7, 11) is 1.71. The molecule has 150 valence electrons. The number of ether oxygens (including phenoxy) is 1. The van der Waals surface area contributed by atoms with Gasteiger partial charge in [-0.25, -0.2) is 0 Å². The summed E-state index contributed by atoms with van der Waals surface area (Å²) in [5, 5.41) is 4.67. The molecule has 1 aromatic heterocycles. The van der Waals surface area contributed by atoms with Gasteiger partial charge in [0.15, 0.2) is 0 Å². The van der Waals surface area contributed by atoms with Crippen LogP contribution in [0.5, 0.6) is 5.75 Å². The molecule has 0 spiro atoms. The van der Waals surface area contributed by atoms with Crippen LogP contribution in [0.3, 0.4) is 0 Å². The Morgan fingerprint density at radius 1 is 0.963 bits per heavy atom. The number of rotatable bonds is 14. The zero-order valence-electron chi connectivity index (χ0n) is 17.5. The average molecular weight is 372 g/mol. The Bertz CT molecular complexity index is 655. The molecule has 2 aromatic rings. The van der Waals surface area contributed by atoms with E-state index in [9.17, 15) is 0 Å². The van der Waals surface area contributed by atoms with E-state index in [1.165, 1.54) is 64.6 Å². The first-order valence-corrected chi connectivity index (χ1v) is 10.7. The monoisotopic (exact) mass is 371 g/mol. The topological polar surface area (TPSA) is 37.4 Å². The van der Waals surface area contributed by atoms with Gasteiger partial charge in [-0.1, -0.05) is 52.0 Å². The highest BCUT2D eigenvalue weighted by molar-refractivity contribution is 5.91. The third kappa shape index (κ3) is 7.37. The number of pyridine rings is 1. The van der Waals surface area contributed by atoms with Crippen LogP contribution in [0.1, 0.15) is 58.8 Å². The van der Waals surface area contributed by atoms with Crippen molar-refractivity contribution in [2.75, 3.05) is 38.6 Å². The largest absolute Gasteiger partial charge is 0.497 e. The molecule has 1 N–H and O–H groups in total. The van der Waals surface area contributed by atoms with Crippen molar-refractivity contribution in [3.05, 3.63) is 30.5 Å². The van der Waals surface area contributed by atoms with Crippen molar-refractivity contribution in [2.24, 2.45) is 0 Å². The summed E-state index contributed by atoms with van der Waals surface area (Å²) in [5.74, 6) is 0.878. The molecule has 27 heavy (non-hydrogen) atoms. The predicted molar refractivity (Wildman–Crippen MR) is 117 cm³/mol. The molecule has 0 atom stereocenters. The van der Waals surface area contributed by atoms with Crippen LogP contribution in [-0.4, -0.2) is 43.2 Å². The molecule has 1 heterocycles. The van der Waals surface area contributed by atoms with Gasteiger partial charge in [0.1, 0.15) is 5.75 Å². The number of fused-ring (bicyclic) bond motifs is 1. The highest BCUT2D eigenvalue weighted by atomic mass is 16.5. The summed E-state index contributed by atoms with van der Waals surface area (Å²) in [4.78, 5) is 7.03. The Hall–Kier alpha value is -1.81. The van der Waals surface area contributed by atoms with E-state index in [0.717, 1.165) is 28.9 Å². The van der Waals surface area contributed by atoms with E-state index in [0.29, 0.717) is 0 Å². The minimum atomic E-state index is 0.878. The molecule has 4 heteroatoms. The predicted octanol–water partition coefficient (Wildman–Crippen LogP) is 5.73. The van der Waals surface area contributed by atoms with Gasteiger partial charge in [-0.2, -0.15) is 0 Å². The zero-order valence-corrected chi connectivity index (χ0v) is 17.5. The lowest BCUT2D eigenvalue weighted by molar-refractivity contribution is 0.295. The highest BCUT2D eigenvalue weighted by Crippen LogP contribution is 2.27. The van der Waals surface area contributed by atoms with Crippen molar-refractivity contribution >= 4 is 16.6 Å². The molecular formula is C23H37N3O. The molecule has 0 radical (unpaired) electrons. The van der Waals surface area contributed by atoms with Crippen molar-refractivity contribution in [3.8, 4) is 5.75 Å². The second-order valence-electron chi connectivity index (χ2n) is 7.18. The Kier molecular flexibility index (Phi) is 9.99. The Morgan fingerprint density at radius 2 is 1.67 bits per heavy atom. The van der Waals surface area contributed by atoms with Gasteiger partial charge in [-0.05, 0) is 44.6 Å². The van der Waals surface area contributed by atoms with Gasteiger partial charge >= 0.3 is 0 Å². The van der Waals surface area contributed by atoms with Crippen molar-refractivity contribution in [1.29, 1.82) is 0 Å². The van der Waals surface area contributed by atoms with E-state index in [2.05, 4.69) is 35.1 Å². The molecular weight excluding hydrogens is 334 g/mol. The summed E-state index contributed by atoms with van der Waals surface area (Å²) in [5.41, 5.74) is 2.09. The number of benzene rings is 1. The van der Waals surface area contributed by atoms with E-state index in [1.807, 2.05) is 24.4 Å². The molecule has 0 fully saturated rings. The molecule has 0 saturated carbocycles. The molecule has 0 aliphatic rings. The number of hydrogen-bond acceptors (Lipinski definition) is 4. The Balaban J connectivity index is 1.60. The van der Waals surface area contributed by atoms with E-state index >= 15 is 0 Å². The first kappa shape index (κ1) is 21.5. The van der Waals surface area contributed by atoms with Gasteiger partial charge in [0.2, 0.25) is 0 Å². The van der Waals surface area contributed by atoms with Crippen LogP contribution < -0.4 is 10.1 Å². The van der Waals surface area contributed by atoms with Crippen LogP contribution in [0, 0.1) is 0 Å². The number of aromatic nitrogens is 1. The van der Waals surface area contributed by atoms with Gasteiger partial charge in [0, 0.05) is 24.2 Å². The summed E-state index contributed by atoms with van der Waals surface area (Å²) in [6.07, 6.45) is 11.1. The van der Waals surface area contributed by atoms with Crippen molar-refractivity contribution < 1.29 is 4.74 Å². The second kappa shape index (κ2) is 12.6. The van der Waals surface area contributed by atoms with E-state index in [-0.39, 0.29) is 0 Å². The number of unbranched alkanes of at least 4 members (excludes halogenated alkanes) is 6. The average Bonchev–Trinajstić information content (AvgIpc) is 2.71. The van der Waals surface area contributed by atoms with Crippen molar-refractivity contribution in [2.45, 2.75) is 58.8 Å². The molecule has 4 nitrogen and oxygen atoms in total. The number of hydrogen-bond donors (Lipinski definition) is 1. The Labute approximate surface area is 165 Å². The second-order valence-corrected chi connectivity index (χ2v) is 7.18. The quantitative estimate of drug-likeness (QED) is 0.430. The van der Waals surface area contributed by atoms with Crippen LogP contribution in [0.2, 0.25) is 0 Å². The summed E-state index contributed by atoms with van der Waals surface area (Å²) >= 11 is 0. The molecule has 2 rings (SSSR count). The van der Waals surface area contributed by atoms with E-state index < -0.39 is 0 Å². The van der Waals surface area contributed by atoms with Gasteiger partial charge in [-0.15, -0.1) is 0 Å². The first-order valence-electron chi connectivity index (χ1n) is 10.7. The number of methoxy groups -OCH3 is 1. The maximum Gasteiger partial charge on any atom is 0.121 e. The van der Waals surface area contributed by atoms with E-state index in [4.69, 9.17) is 4.74 Å². The third-order valence-corrected chi connectivity index (χ3v) is 5.28. The molecule has 1 aromatic carbocycles. The third-order valence-electron chi connectivity index (χ3n) is 5.28.